The normalized spacial score (nSPS) is 22.5. The number of carbonyl (C=O) groups is 4. The van der Waals surface area contributed by atoms with Gasteiger partial charge in [-0.3, -0.25) is 24.1 Å². The van der Waals surface area contributed by atoms with Crippen LogP contribution < -0.4 is 0 Å². The van der Waals surface area contributed by atoms with Crippen LogP contribution in [0.2, 0.25) is 0 Å². The van der Waals surface area contributed by atoms with Crippen LogP contribution in [-0.4, -0.2) is 66.7 Å². The molecular weight excluding hydrogens is 451 g/mol. The Kier molecular flexibility index (Phi) is 7.40. The number of benzene rings is 2. The predicted octanol–water partition coefficient (Wildman–Crippen LogP) is 2.98. The molecular formula is C27H29FN2O5. The minimum Gasteiger partial charge on any atom is -0.383 e. The molecule has 7 nitrogen and oxygen atoms in total. The zero-order chi connectivity index (χ0) is 25.0. The minimum absolute atomic E-state index is 0.0234. The molecule has 35 heavy (non-hydrogen) atoms. The number of carbonyl (C=O) groups excluding carboxylic acids is 4. The van der Waals surface area contributed by atoms with Gasteiger partial charge in [0.25, 0.3) is 0 Å². The Morgan fingerprint density at radius 3 is 2.51 bits per heavy atom. The third-order valence-corrected chi connectivity index (χ3v) is 6.97. The molecule has 0 saturated carbocycles. The van der Waals surface area contributed by atoms with Crippen molar-refractivity contribution in [3.05, 3.63) is 71.5 Å². The van der Waals surface area contributed by atoms with E-state index >= 15 is 0 Å². The predicted molar refractivity (Wildman–Crippen MR) is 126 cm³/mol. The van der Waals surface area contributed by atoms with Crippen molar-refractivity contribution in [2.75, 3.05) is 33.4 Å². The van der Waals surface area contributed by atoms with Gasteiger partial charge in [-0.1, -0.05) is 48.5 Å². The van der Waals surface area contributed by atoms with Crippen LogP contribution in [0.3, 0.4) is 0 Å². The van der Waals surface area contributed by atoms with E-state index in [0.29, 0.717) is 24.9 Å². The van der Waals surface area contributed by atoms with Crippen LogP contribution >= 0.6 is 0 Å². The second-order valence-corrected chi connectivity index (χ2v) is 9.17. The average molecular weight is 481 g/mol. The molecule has 2 saturated heterocycles. The number of ketones is 1. The van der Waals surface area contributed by atoms with Gasteiger partial charge in [0, 0.05) is 50.1 Å². The highest BCUT2D eigenvalue weighted by molar-refractivity contribution is 6.10. The Balaban J connectivity index is 1.59. The van der Waals surface area contributed by atoms with E-state index in [4.69, 9.17) is 4.74 Å². The van der Waals surface area contributed by atoms with Crippen molar-refractivity contribution < 1.29 is 28.3 Å². The van der Waals surface area contributed by atoms with E-state index in [2.05, 4.69) is 0 Å². The first-order chi connectivity index (χ1) is 16.9. The SMILES string of the molecule is COCCN1C(=O)C[C@](CC(=O)N2CCC[C@@H](C(=O)c3ccccc3)C2)(c2ccccc2F)C1=O. The largest absolute Gasteiger partial charge is 0.383 e. The third-order valence-electron chi connectivity index (χ3n) is 6.97. The van der Waals surface area contributed by atoms with Crippen LogP contribution in [-0.2, 0) is 24.5 Å². The van der Waals surface area contributed by atoms with E-state index in [9.17, 15) is 23.6 Å². The van der Waals surface area contributed by atoms with Gasteiger partial charge in [0.05, 0.1) is 18.6 Å². The summed E-state index contributed by atoms with van der Waals surface area (Å²) in [5, 5.41) is 0. The van der Waals surface area contributed by atoms with E-state index in [1.807, 2.05) is 6.07 Å². The molecule has 2 fully saturated rings. The standard InChI is InChI=1S/C27H29FN2O5/c1-35-15-14-30-24(32)17-27(26(30)34,21-11-5-6-12-22(21)28)16-23(31)29-13-7-10-20(18-29)25(33)19-8-3-2-4-9-19/h2-6,8-9,11-12,20H,7,10,13-18H2,1H3/t20-,27-/m1/s1. The number of likely N-dealkylation sites (tertiary alicyclic amines) is 2. The number of amides is 3. The number of ether oxygens (including phenoxy) is 1. The quantitative estimate of drug-likeness (QED) is 0.429. The van der Waals surface area contributed by atoms with Gasteiger partial charge in [-0.2, -0.15) is 0 Å². The van der Waals surface area contributed by atoms with Gasteiger partial charge in [-0.25, -0.2) is 4.39 Å². The van der Waals surface area contributed by atoms with Crippen LogP contribution in [0.4, 0.5) is 4.39 Å². The minimum atomic E-state index is -1.62. The van der Waals surface area contributed by atoms with Crippen molar-refractivity contribution in [2.24, 2.45) is 5.92 Å². The number of imide groups is 1. The summed E-state index contributed by atoms with van der Waals surface area (Å²) in [5.41, 5.74) is -0.982. The molecule has 2 aromatic rings. The first-order valence-corrected chi connectivity index (χ1v) is 11.8. The molecule has 0 aliphatic carbocycles. The number of rotatable bonds is 8. The summed E-state index contributed by atoms with van der Waals surface area (Å²) in [6.07, 6.45) is 0.684. The molecule has 2 aromatic carbocycles. The van der Waals surface area contributed by atoms with Crippen molar-refractivity contribution in [2.45, 2.75) is 31.1 Å². The number of hydrogen-bond donors (Lipinski definition) is 0. The van der Waals surface area contributed by atoms with E-state index in [-0.39, 0.29) is 55.7 Å². The van der Waals surface area contributed by atoms with Crippen LogP contribution in [0.1, 0.15) is 41.6 Å². The maximum atomic E-state index is 14.9. The summed E-state index contributed by atoms with van der Waals surface area (Å²) >= 11 is 0. The van der Waals surface area contributed by atoms with Crippen molar-refractivity contribution in [3.8, 4) is 0 Å². The lowest BCUT2D eigenvalue weighted by atomic mass is 9.75. The lowest BCUT2D eigenvalue weighted by molar-refractivity contribution is -0.143. The van der Waals surface area contributed by atoms with Crippen molar-refractivity contribution in [3.63, 3.8) is 0 Å². The molecule has 0 N–H and O–H groups in total. The monoisotopic (exact) mass is 480 g/mol. The fraction of sp³-hybridized carbons (Fsp3) is 0.407. The fourth-order valence-corrected chi connectivity index (χ4v) is 5.13. The summed E-state index contributed by atoms with van der Waals surface area (Å²) < 4.78 is 20.0. The highest BCUT2D eigenvalue weighted by atomic mass is 19.1. The number of Topliss-reactive ketones (excluding diaryl/α,β-unsaturated/α-hetero) is 1. The molecule has 0 unspecified atom stereocenters. The highest BCUT2D eigenvalue weighted by Gasteiger charge is 2.55. The molecule has 0 aromatic heterocycles. The van der Waals surface area contributed by atoms with Gasteiger partial charge < -0.3 is 9.64 Å². The first kappa shape index (κ1) is 24.7. The summed E-state index contributed by atoms with van der Waals surface area (Å²) in [5.74, 6) is -2.42. The lowest BCUT2D eigenvalue weighted by Crippen LogP contribution is -2.47. The number of methoxy groups -OCH3 is 1. The van der Waals surface area contributed by atoms with Gasteiger partial charge in [-0.15, -0.1) is 0 Å². The molecule has 3 amide bonds. The topological polar surface area (TPSA) is 84.0 Å². The molecule has 4 rings (SSSR count). The molecule has 2 aliphatic heterocycles. The van der Waals surface area contributed by atoms with Crippen LogP contribution in [0.15, 0.2) is 54.6 Å². The molecule has 184 valence electrons. The molecule has 2 aliphatic rings. The molecule has 0 radical (unpaired) electrons. The Morgan fingerprint density at radius 2 is 1.80 bits per heavy atom. The maximum Gasteiger partial charge on any atom is 0.241 e. The number of piperidine rings is 1. The maximum absolute atomic E-state index is 14.9. The lowest BCUT2D eigenvalue weighted by Gasteiger charge is -2.35. The molecule has 0 bridgehead atoms. The van der Waals surface area contributed by atoms with Crippen LogP contribution in [0.5, 0.6) is 0 Å². The van der Waals surface area contributed by atoms with E-state index < -0.39 is 23.0 Å². The molecule has 2 atom stereocenters. The number of nitrogens with zero attached hydrogens (tertiary/aromatic N) is 2. The molecule has 8 heteroatoms. The van der Waals surface area contributed by atoms with E-state index in [1.165, 1.54) is 25.3 Å². The van der Waals surface area contributed by atoms with E-state index in [1.54, 1.807) is 35.2 Å². The Hall–Kier alpha value is -3.39. The summed E-state index contributed by atoms with van der Waals surface area (Å²) in [7, 11) is 1.46. The second kappa shape index (κ2) is 10.5. The zero-order valence-corrected chi connectivity index (χ0v) is 19.7. The zero-order valence-electron chi connectivity index (χ0n) is 19.7. The Labute approximate surface area is 203 Å². The Morgan fingerprint density at radius 1 is 1.09 bits per heavy atom. The van der Waals surface area contributed by atoms with Crippen molar-refractivity contribution in [1.29, 1.82) is 0 Å². The van der Waals surface area contributed by atoms with Crippen molar-refractivity contribution in [1.82, 2.24) is 9.80 Å². The van der Waals surface area contributed by atoms with Gasteiger partial charge in [0.15, 0.2) is 5.78 Å². The van der Waals surface area contributed by atoms with Gasteiger partial charge in [-0.05, 0) is 18.9 Å². The fourth-order valence-electron chi connectivity index (χ4n) is 5.13. The van der Waals surface area contributed by atoms with Gasteiger partial charge >= 0.3 is 0 Å². The third kappa shape index (κ3) is 4.89. The molecule has 0 spiro atoms. The summed E-state index contributed by atoms with van der Waals surface area (Å²) in [4.78, 5) is 55.5. The average Bonchev–Trinajstić information content (AvgIpc) is 3.12. The Bertz CT molecular complexity index is 1120. The van der Waals surface area contributed by atoms with Crippen molar-refractivity contribution >= 4 is 23.5 Å². The number of hydrogen-bond acceptors (Lipinski definition) is 5. The summed E-state index contributed by atoms with van der Waals surface area (Å²) in [6, 6.07) is 14.7. The number of halogens is 1. The van der Waals surface area contributed by atoms with Crippen LogP contribution in [0.25, 0.3) is 0 Å². The van der Waals surface area contributed by atoms with Crippen LogP contribution in [0, 0.1) is 11.7 Å². The molecule has 2 heterocycles. The summed E-state index contributed by atoms with van der Waals surface area (Å²) in [6.45, 7) is 0.861. The van der Waals surface area contributed by atoms with Gasteiger partial charge in [0.2, 0.25) is 17.7 Å². The highest BCUT2D eigenvalue weighted by Crippen LogP contribution is 2.41. The smallest absolute Gasteiger partial charge is 0.241 e. The second-order valence-electron chi connectivity index (χ2n) is 9.17. The first-order valence-electron chi connectivity index (χ1n) is 11.8. The van der Waals surface area contributed by atoms with Gasteiger partial charge in [0.1, 0.15) is 5.82 Å². The van der Waals surface area contributed by atoms with E-state index in [0.717, 1.165) is 4.90 Å².